The number of aliphatic hydroxyl groups is 1. The molecule has 1 unspecified atom stereocenters. The number of nitrogens with zero attached hydrogens (tertiary/aromatic N) is 3. The number of aryl methyl sites for hydroxylation is 1. The molecule has 158 valence electrons. The number of carbonyl (C=O) groups is 2. The predicted molar refractivity (Wildman–Crippen MR) is 117 cm³/mol. The summed E-state index contributed by atoms with van der Waals surface area (Å²) in [6.07, 6.45) is -0.176. The van der Waals surface area contributed by atoms with E-state index in [9.17, 15) is 14.7 Å². The summed E-state index contributed by atoms with van der Waals surface area (Å²) in [4.78, 5) is 30.8. The number of aliphatic hydroxyl groups excluding tert-OH is 1. The lowest BCUT2D eigenvalue weighted by molar-refractivity contribution is 0.0590. The van der Waals surface area contributed by atoms with Crippen LogP contribution in [0.1, 0.15) is 38.3 Å². The van der Waals surface area contributed by atoms with Crippen LogP contribution in [0.5, 0.6) is 0 Å². The van der Waals surface area contributed by atoms with Gasteiger partial charge in [0.25, 0.3) is 11.8 Å². The molecule has 0 aliphatic carbocycles. The minimum atomic E-state index is -0.568. The van der Waals surface area contributed by atoms with E-state index in [0.717, 1.165) is 26.2 Å². The second-order valence-electron chi connectivity index (χ2n) is 8.26. The fourth-order valence-corrected chi connectivity index (χ4v) is 4.36. The maximum absolute atomic E-state index is 12.4. The van der Waals surface area contributed by atoms with Gasteiger partial charge in [-0.05, 0) is 49.6 Å². The molecule has 4 rings (SSSR count). The molecule has 0 aromatic heterocycles. The van der Waals surface area contributed by atoms with Gasteiger partial charge in [0.05, 0.1) is 17.2 Å². The van der Waals surface area contributed by atoms with Crippen molar-refractivity contribution in [2.75, 3.05) is 44.2 Å². The van der Waals surface area contributed by atoms with Crippen LogP contribution < -0.4 is 4.90 Å². The van der Waals surface area contributed by atoms with E-state index < -0.39 is 6.10 Å². The number of benzene rings is 2. The monoisotopic (exact) mass is 407 g/mol. The molecule has 1 atom stereocenters. The van der Waals surface area contributed by atoms with Crippen LogP contribution in [0.25, 0.3) is 0 Å². The van der Waals surface area contributed by atoms with Crippen molar-refractivity contribution in [1.29, 1.82) is 0 Å². The third-order valence-electron chi connectivity index (χ3n) is 6.32. The summed E-state index contributed by atoms with van der Waals surface area (Å²) in [6.45, 7) is 8.74. The number of anilines is 1. The molecule has 30 heavy (non-hydrogen) atoms. The van der Waals surface area contributed by atoms with Crippen molar-refractivity contribution in [2.24, 2.45) is 0 Å². The number of rotatable bonds is 6. The van der Waals surface area contributed by atoms with Crippen LogP contribution in [-0.2, 0) is 0 Å². The highest BCUT2D eigenvalue weighted by Gasteiger charge is 2.35. The molecule has 2 aromatic carbocycles. The summed E-state index contributed by atoms with van der Waals surface area (Å²) in [5.74, 6) is -0.519. The van der Waals surface area contributed by atoms with E-state index in [4.69, 9.17) is 0 Å². The van der Waals surface area contributed by atoms with E-state index >= 15 is 0 Å². The van der Waals surface area contributed by atoms with Crippen molar-refractivity contribution in [1.82, 2.24) is 9.80 Å². The highest BCUT2D eigenvalue weighted by molar-refractivity contribution is 6.21. The molecule has 1 saturated heterocycles. The molecule has 6 heteroatoms. The standard InChI is InChI=1S/C24H29N3O3/c1-17-6-5-9-22(18(17)2)26-14-12-25(13-15-26)16-19(28)10-11-27-23(29)20-7-3-4-8-21(20)24(27)30/h3-9,19,28H,10-16H2,1-2H3. The zero-order chi connectivity index (χ0) is 21.3. The Bertz CT molecular complexity index is 915. The molecule has 6 nitrogen and oxygen atoms in total. The maximum Gasteiger partial charge on any atom is 0.261 e. The average Bonchev–Trinajstić information content (AvgIpc) is 2.99. The molecular formula is C24H29N3O3. The van der Waals surface area contributed by atoms with Crippen molar-refractivity contribution in [2.45, 2.75) is 26.4 Å². The quantitative estimate of drug-likeness (QED) is 0.746. The van der Waals surface area contributed by atoms with Crippen molar-refractivity contribution >= 4 is 17.5 Å². The number of hydrogen-bond acceptors (Lipinski definition) is 5. The summed E-state index contributed by atoms with van der Waals surface area (Å²) in [6, 6.07) is 13.3. The number of carbonyl (C=O) groups excluding carboxylic acids is 2. The Morgan fingerprint density at radius 3 is 2.17 bits per heavy atom. The van der Waals surface area contributed by atoms with E-state index in [1.54, 1.807) is 24.3 Å². The van der Waals surface area contributed by atoms with E-state index in [1.807, 2.05) is 0 Å². The van der Waals surface area contributed by atoms with Gasteiger partial charge in [-0.15, -0.1) is 0 Å². The largest absolute Gasteiger partial charge is 0.392 e. The Labute approximate surface area is 177 Å². The average molecular weight is 408 g/mol. The predicted octanol–water partition coefficient (Wildman–Crippen LogP) is 2.47. The first kappa shape index (κ1) is 20.6. The SMILES string of the molecule is Cc1cccc(N2CCN(CC(O)CCN3C(=O)c4ccccc4C3=O)CC2)c1C. The first-order valence-electron chi connectivity index (χ1n) is 10.6. The van der Waals surface area contributed by atoms with Gasteiger partial charge in [-0.2, -0.15) is 0 Å². The molecule has 0 spiro atoms. The molecule has 2 aliphatic heterocycles. The lowest BCUT2D eigenvalue weighted by Crippen LogP contribution is -2.49. The molecule has 2 aromatic rings. The van der Waals surface area contributed by atoms with Crippen LogP contribution >= 0.6 is 0 Å². The van der Waals surface area contributed by atoms with Crippen molar-refractivity contribution < 1.29 is 14.7 Å². The molecule has 2 amide bonds. The third kappa shape index (κ3) is 3.98. The maximum atomic E-state index is 12.4. The molecule has 0 saturated carbocycles. The number of piperazine rings is 1. The molecule has 1 fully saturated rings. The van der Waals surface area contributed by atoms with Crippen LogP contribution in [0, 0.1) is 13.8 Å². The zero-order valence-electron chi connectivity index (χ0n) is 17.7. The zero-order valence-corrected chi connectivity index (χ0v) is 17.7. The van der Waals surface area contributed by atoms with Crippen molar-refractivity contribution in [3.8, 4) is 0 Å². The van der Waals surface area contributed by atoms with Gasteiger partial charge in [0.2, 0.25) is 0 Å². The normalized spacial score (nSPS) is 18.1. The Balaban J connectivity index is 1.26. The van der Waals surface area contributed by atoms with Gasteiger partial charge >= 0.3 is 0 Å². The van der Waals surface area contributed by atoms with Gasteiger partial charge in [0.15, 0.2) is 0 Å². The van der Waals surface area contributed by atoms with Gasteiger partial charge in [-0.3, -0.25) is 19.4 Å². The fraction of sp³-hybridized carbons (Fsp3) is 0.417. The summed E-state index contributed by atoms with van der Waals surface area (Å²) in [7, 11) is 0. The van der Waals surface area contributed by atoms with E-state index in [0.29, 0.717) is 24.1 Å². The van der Waals surface area contributed by atoms with Gasteiger partial charge < -0.3 is 10.0 Å². The molecular weight excluding hydrogens is 378 g/mol. The first-order chi connectivity index (χ1) is 14.5. The molecule has 2 heterocycles. The number of fused-ring (bicyclic) bond motifs is 1. The molecule has 1 N–H and O–H groups in total. The summed E-state index contributed by atoms with van der Waals surface area (Å²) < 4.78 is 0. The lowest BCUT2D eigenvalue weighted by atomic mass is 10.1. The number of amides is 2. The third-order valence-corrected chi connectivity index (χ3v) is 6.32. The van der Waals surface area contributed by atoms with Crippen LogP contribution in [-0.4, -0.2) is 72.1 Å². The van der Waals surface area contributed by atoms with Gasteiger partial charge in [0.1, 0.15) is 0 Å². The molecule has 0 bridgehead atoms. The lowest BCUT2D eigenvalue weighted by Gasteiger charge is -2.37. The smallest absolute Gasteiger partial charge is 0.261 e. The fourth-order valence-electron chi connectivity index (χ4n) is 4.36. The minimum absolute atomic E-state index is 0.246. The van der Waals surface area contributed by atoms with Gasteiger partial charge in [-0.25, -0.2) is 0 Å². The van der Waals surface area contributed by atoms with Crippen LogP contribution in [0.4, 0.5) is 5.69 Å². The second-order valence-corrected chi connectivity index (χ2v) is 8.26. The Kier molecular flexibility index (Phi) is 5.88. The van der Waals surface area contributed by atoms with Crippen LogP contribution in [0.15, 0.2) is 42.5 Å². The summed E-state index contributed by atoms with van der Waals surface area (Å²) in [5, 5.41) is 10.5. The Hall–Kier alpha value is -2.70. The van der Waals surface area contributed by atoms with Crippen molar-refractivity contribution in [3.05, 3.63) is 64.7 Å². The number of imide groups is 1. The summed E-state index contributed by atoms with van der Waals surface area (Å²) in [5.41, 5.74) is 4.84. The second kappa shape index (κ2) is 8.58. The Morgan fingerprint density at radius 2 is 1.53 bits per heavy atom. The van der Waals surface area contributed by atoms with E-state index in [2.05, 4.69) is 41.8 Å². The highest BCUT2D eigenvalue weighted by Crippen LogP contribution is 2.25. The molecule has 0 radical (unpaired) electrons. The van der Waals surface area contributed by atoms with Crippen molar-refractivity contribution in [3.63, 3.8) is 0 Å². The van der Waals surface area contributed by atoms with Crippen LogP contribution in [0.2, 0.25) is 0 Å². The highest BCUT2D eigenvalue weighted by atomic mass is 16.3. The van der Waals surface area contributed by atoms with E-state index in [-0.39, 0.29) is 18.4 Å². The minimum Gasteiger partial charge on any atom is -0.392 e. The number of hydrogen-bond donors (Lipinski definition) is 1. The van der Waals surface area contributed by atoms with Gasteiger partial charge in [0, 0.05) is 45.0 Å². The summed E-state index contributed by atoms with van der Waals surface area (Å²) >= 11 is 0. The van der Waals surface area contributed by atoms with Gasteiger partial charge in [-0.1, -0.05) is 24.3 Å². The number of β-amino-alcohol motifs (C(OH)–C–C–N with tert-alkyl or cyclic N) is 1. The first-order valence-corrected chi connectivity index (χ1v) is 10.6. The van der Waals surface area contributed by atoms with E-state index in [1.165, 1.54) is 21.7 Å². The van der Waals surface area contributed by atoms with Crippen LogP contribution in [0.3, 0.4) is 0 Å². The molecule has 2 aliphatic rings. The topological polar surface area (TPSA) is 64.1 Å². The Morgan fingerprint density at radius 1 is 0.900 bits per heavy atom.